The number of nitrogens with one attached hydrogen (secondary N) is 1. The maximum absolute atomic E-state index is 11.3. The molecule has 0 aliphatic rings. The monoisotopic (exact) mass is 174 g/mol. The van der Waals surface area contributed by atoms with Crippen LogP contribution >= 0.6 is 12.2 Å². The molecule has 0 aromatic rings. The van der Waals surface area contributed by atoms with Crippen molar-refractivity contribution >= 4 is 17.4 Å². The number of thiocarbonyl (C=S) groups is 1. The first kappa shape index (κ1) is 9.44. The van der Waals surface area contributed by atoms with Gasteiger partial charge in [-0.25, -0.2) is 0 Å². The molecule has 0 unspecified atom stereocenters. The van der Waals surface area contributed by atoms with Crippen LogP contribution in [-0.2, 0) is 4.84 Å². The first-order chi connectivity index (χ1) is 4.42. The highest BCUT2D eigenvalue weighted by Gasteiger charge is 2.26. The molecule has 0 spiro atoms. The molecule has 10 heavy (non-hydrogen) atoms. The second kappa shape index (κ2) is 3.57. The molecule has 0 saturated carbocycles. The molecule has 60 valence electrons. The van der Waals surface area contributed by atoms with Gasteiger partial charge in [0, 0.05) is 0 Å². The minimum atomic E-state index is -4.31. The van der Waals surface area contributed by atoms with Crippen LogP contribution in [0.2, 0.25) is 0 Å². The molecule has 0 fully saturated rings. The van der Waals surface area contributed by atoms with Crippen LogP contribution in [0.1, 0.15) is 0 Å². The number of alkyl halides is 3. The van der Waals surface area contributed by atoms with Gasteiger partial charge in [0.25, 0.3) is 5.17 Å². The molecule has 0 heterocycles. The zero-order chi connectivity index (χ0) is 8.20. The van der Waals surface area contributed by atoms with Crippen molar-refractivity contribution in [3.8, 4) is 0 Å². The summed E-state index contributed by atoms with van der Waals surface area (Å²) in [5, 5.41) is -0.468. The van der Waals surface area contributed by atoms with Crippen LogP contribution in [0.4, 0.5) is 13.2 Å². The minimum absolute atomic E-state index is 0.468. The highest BCUT2D eigenvalue weighted by Crippen LogP contribution is 2.11. The maximum atomic E-state index is 11.3. The average Bonchev–Trinajstić information content (AvgIpc) is 1.59. The quantitative estimate of drug-likeness (QED) is 0.467. The standard InChI is InChI=1S/C3H5F3N2OS/c4-3(5,6)1-8-9-2(7)10/h8H,1H2,(H2,7,10). The van der Waals surface area contributed by atoms with Crippen molar-refractivity contribution in [1.29, 1.82) is 0 Å². The Hall–Kier alpha value is -0.560. The molecule has 0 atom stereocenters. The lowest BCUT2D eigenvalue weighted by Gasteiger charge is -2.06. The first-order valence-electron chi connectivity index (χ1n) is 2.18. The third-order valence-electron chi connectivity index (χ3n) is 0.445. The summed E-state index contributed by atoms with van der Waals surface area (Å²) in [6.07, 6.45) is -4.31. The molecule has 3 N–H and O–H groups in total. The molecule has 0 rings (SSSR count). The van der Waals surface area contributed by atoms with Gasteiger partial charge in [-0.2, -0.15) is 13.2 Å². The predicted molar refractivity (Wildman–Crippen MR) is 31.9 cm³/mol. The van der Waals surface area contributed by atoms with Gasteiger partial charge in [-0.3, -0.25) is 0 Å². The number of hydroxylamine groups is 1. The summed E-state index contributed by atoms with van der Waals surface area (Å²) >= 11 is 4.11. The zero-order valence-corrected chi connectivity index (χ0v) is 5.55. The van der Waals surface area contributed by atoms with Gasteiger partial charge in [0.2, 0.25) is 0 Å². The molecule has 3 nitrogen and oxygen atoms in total. The van der Waals surface area contributed by atoms with E-state index >= 15 is 0 Å². The Morgan fingerprint density at radius 1 is 1.60 bits per heavy atom. The summed E-state index contributed by atoms with van der Waals surface area (Å²) in [5.41, 5.74) is 6.23. The van der Waals surface area contributed by atoms with Gasteiger partial charge in [0.15, 0.2) is 0 Å². The van der Waals surface area contributed by atoms with Gasteiger partial charge in [0.05, 0.1) is 0 Å². The Balaban J connectivity index is 3.29. The molecule has 0 radical (unpaired) electrons. The summed E-state index contributed by atoms with van der Waals surface area (Å²) in [5.74, 6) is 0. The smallest absolute Gasteiger partial charge is 0.378 e. The van der Waals surface area contributed by atoms with Crippen molar-refractivity contribution in [2.45, 2.75) is 6.18 Å². The van der Waals surface area contributed by atoms with E-state index in [-0.39, 0.29) is 0 Å². The van der Waals surface area contributed by atoms with Crippen molar-refractivity contribution in [2.75, 3.05) is 6.54 Å². The fraction of sp³-hybridized carbons (Fsp3) is 0.667. The molecule has 0 aromatic carbocycles. The summed E-state index contributed by atoms with van der Waals surface area (Å²) in [4.78, 5) is 3.96. The van der Waals surface area contributed by atoms with Crippen LogP contribution in [0.25, 0.3) is 0 Å². The second-order valence-corrected chi connectivity index (χ2v) is 1.76. The lowest BCUT2D eigenvalue weighted by Crippen LogP contribution is -2.32. The number of rotatable bonds is 2. The van der Waals surface area contributed by atoms with Crippen molar-refractivity contribution in [2.24, 2.45) is 5.73 Å². The van der Waals surface area contributed by atoms with Crippen molar-refractivity contribution in [3.05, 3.63) is 0 Å². The SMILES string of the molecule is NC(=S)ONCC(F)(F)F. The van der Waals surface area contributed by atoms with E-state index in [9.17, 15) is 13.2 Å². The third kappa shape index (κ3) is 7.44. The maximum Gasteiger partial charge on any atom is 0.404 e. The third-order valence-corrected chi connectivity index (χ3v) is 0.529. The molecule has 7 heteroatoms. The molecule has 0 amide bonds. The summed E-state index contributed by atoms with van der Waals surface area (Å²) < 4.78 is 33.8. The van der Waals surface area contributed by atoms with Crippen molar-refractivity contribution in [1.82, 2.24) is 5.48 Å². The largest absolute Gasteiger partial charge is 0.404 e. The van der Waals surface area contributed by atoms with E-state index in [4.69, 9.17) is 5.73 Å². The number of halogens is 3. The van der Waals surface area contributed by atoms with Gasteiger partial charge in [-0.15, -0.1) is 5.48 Å². The van der Waals surface area contributed by atoms with E-state index in [2.05, 4.69) is 17.1 Å². The van der Waals surface area contributed by atoms with Gasteiger partial charge in [-0.05, 0) is 12.2 Å². The van der Waals surface area contributed by atoms with Crippen LogP contribution in [0.5, 0.6) is 0 Å². The van der Waals surface area contributed by atoms with Crippen molar-refractivity contribution < 1.29 is 18.0 Å². The Kier molecular flexibility index (Phi) is 3.37. The molecule has 0 aliphatic carbocycles. The van der Waals surface area contributed by atoms with Crippen LogP contribution in [0, 0.1) is 0 Å². The fourth-order valence-electron chi connectivity index (χ4n) is 0.189. The number of hydrogen-bond acceptors (Lipinski definition) is 3. The minimum Gasteiger partial charge on any atom is -0.378 e. The van der Waals surface area contributed by atoms with E-state index in [0.29, 0.717) is 0 Å². The normalized spacial score (nSPS) is 11.1. The first-order valence-corrected chi connectivity index (χ1v) is 2.58. The fourth-order valence-corrected chi connectivity index (χ4v) is 0.248. The van der Waals surface area contributed by atoms with Gasteiger partial charge in [-0.1, -0.05) is 0 Å². The van der Waals surface area contributed by atoms with E-state index in [1.165, 1.54) is 5.48 Å². The topological polar surface area (TPSA) is 47.3 Å². The van der Waals surface area contributed by atoms with Crippen molar-refractivity contribution in [3.63, 3.8) is 0 Å². The van der Waals surface area contributed by atoms with Crippen LogP contribution in [0.15, 0.2) is 0 Å². The summed E-state index contributed by atoms with van der Waals surface area (Å²) in [6, 6.07) is 0. The van der Waals surface area contributed by atoms with E-state index in [1.54, 1.807) is 0 Å². The Morgan fingerprint density at radius 2 is 2.10 bits per heavy atom. The highest BCUT2D eigenvalue weighted by molar-refractivity contribution is 7.79. The molecular weight excluding hydrogens is 169 g/mol. The van der Waals surface area contributed by atoms with E-state index < -0.39 is 17.9 Å². The molecule has 0 aromatic heterocycles. The second-order valence-electron chi connectivity index (χ2n) is 1.36. The van der Waals surface area contributed by atoms with Gasteiger partial charge < -0.3 is 10.6 Å². The Bertz CT molecular complexity index is 125. The molecule has 0 aliphatic heterocycles. The lowest BCUT2D eigenvalue weighted by atomic mass is 10.7. The van der Waals surface area contributed by atoms with Gasteiger partial charge >= 0.3 is 6.18 Å². The lowest BCUT2D eigenvalue weighted by molar-refractivity contribution is -0.138. The summed E-state index contributed by atoms with van der Waals surface area (Å²) in [6.45, 7) is -1.27. The van der Waals surface area contributed by atoms with Crippen LogP contribution in [-0.4, -0.2) is 17.9 Å². The summed E-state index contributed by atoms with van der Waals surface area (Å²) in [7, 11) is 0. The molecular formula is C3H5F3N2OS. The highest BCUT2D eigenvalue weighted by atomic mass is 32.1. The van der Waals surface area contributed by atoms with Crippen LogP contribution < -0.4 is 11.2 Å². The number of nitrogens with two attached hydrogens (primary N) is 1. The van der Waals surface area contributed by atoms with E-state index in [1.807, 2.05) is 0 Å². The van der Waals surface area contributed by atoms with Crippen LogP contribution in [0.3, 0.4) is 0 Å². The Morgan fingerprint density at radius 3 is 2.40 bits per heavy atom. The van der Waals surface area contributed by atoms with Gasteiger partial charge in [0.1, 0.15) is 6.54 Å². The zero-order valence-electron chi connectivity index (χ0n) is 4.73. The molecule has 0 bridgehead atoms. The number of hydrogen-bond donors (Lipinski definition) is 2. The average molecular weight is 174 g/mol. The van der Waals surface area contributed by atoms with E-state index in [0.717, 1.165) is 0 Å². The molecule has 0 saturated heterocycles. The predicted octanol–water partition coefficient (Wildman–Crippen LogP) is 0.314. The Labute approximate surface area is 60.3 Å².